The molecule has 0 spiro atoms. The van der Waals surface area contributed by atoms with E-state index in [1.807, 2.05) is 91.0 Å². The van der Waals surface area contributed by atoms with Crippen molar-refractivity contribution in [3.63, 3.8) is 0 Å². The summed E-state index contributed by atoms with van der Waals surface area (Å²) < 4.78 is 5.86. The van der Waals surface area contributed by atoms with Gasteiger partial charge in [0.25, 0.3) is 5.91 Å². The lowest BCUT2D eigenvalue weighted by Gasteiger charge is -2.35. The van der Waals surface area contributed by atoms with Crippen molar-refractivity contribution in [1.82, 2.24) is 15.5 Å². The van der Waals surface area contributed by atoms with Crippen molar-refractivity contribution in [2.45, 2.75) is 18.4 Å². The highest BCUT2D eigenvalue weighted by molar-refractivity contribution is 5.99. The molecule has 7 nitrogen and oxygen atoms in total. The van der Waals surface area contributed by atoms with E-state index < -0.39 is 11.6 Å². The molecular weight excluding hydrogens is 500 g/mol. The molecule has 0 atom stereocenters. The van der Waals surface area contributed by atoms with Gasteiger partial charge in [0.2, 0.25) is 0 Å². The third-order valence-electron chi connectivity index (χ3n) is 7.06. The first-order valence-corrected chi connectivity index (χ1v) is 13.7. The van der Waals surface area contributed by atoms with Crippen molar-refractivity contribution >= 4 is 17.6 Å². The first kappa shape index (κ1) is 27.0. The number of amides is 3. The Morgan fingerprint density at radius 3 is 1.80 bits per heavy atom. The van der Waals surface area contributed by atoms with Gasteiger partial charge in [-0.3, -0.25) is 4.79 Å². The molecule has 5 rings (SSSR count). The van der Waals surface area contributed by atoms with Crippen molar-refractivity contribution in [1.29, 1.82) is 0 Å². The van der Waals surface area contributed by atoms with Crippen LogP contribution in [0.2, 0.25) is 0 Å². The second kappa shape index (κ2) is 13.0. The third-order valence-corrected chi connectivity index (χ3v) is 7.06. The van der Waals surface area contributed by atoms with Gasteiger partial charge in [-0.05, 0) is 73.5 Å². The normalized spacial score (nSPS) is 13.4. The van der Waals surface area contributed by atoms with Crippen LogP contribution in [0.4, 0.5) is 10.5 Å². The van der Waals surface area contributed by atoms with Gasteiger partial charge < -0.3 is 25.6 Å². The van der Waals surface area contributed by atoms with E-state index in [9.17, 15) is 9.59 Å². The first-order chi connectivity index (χ1) is 19.6. The van der Waals surface area contributed by atoms with Crippen molar-refractivity contribution < 1.29 is 14.3 Å². The molecule has 0 bridgehead atoms. The zero-order valence-corrected chi connectivity index (χ0v) is 22.4. The number of carbonyl (C=O) groups is 2. The number of benzene rings is 4. The summed E-state index contributed by atoms with van der Waals surface area (Å²) in [6, 6.07) is 34.8. The number of urea groups is 1. The molecule has 4 aromatic carbocycles. The van der Waals surface area contributed by atoms with Crippen LogP contribution >= 0.6 is 0 Å². The SMILES string of the molecule is O=C(Nc1ccc(Oc2ccccc2)cc1)NC(C(=O)NCCN1CCCC1)(c1ccccc1)c1ccccc1. The van der Waals surface area contributed by atoms with E-state index in [0.29, 0.717) is 29.1 Å². The highest BCUT2D eigenvalue weighted by Gasteiger charge is 2.43. The van der Waals surface area contributed by atoms with Crippen LogP contribution in [0.5, 0.6) is 11.5 Å². The van der Waals surface area contributed by atoms with Crippen LogP contribution in [0.1, 0.15) is 24.0 Å². The van der Waals surface area contributed by atoms with Gasteiger partial charge in [0, 0.05) is 18.8 Å². The standard InChI is InChI=1S/C33H34N4O3/c38-31(34-22-25-37-23-10-11-24-37)33(26-12-4-1-5-13-26,27-14-6-2-7-15-27)36-32(39)35-28-18-20-30(21-19-28)40-29-16-8-3-9-17-29/h1-9,12-21H,10-11,22-25H2,(H,34,38)(H2,35,36,39). The van der Waals surface area contributed by atoms with E-state index in [0.717, 1.165) is 25.4 Å². The fraction of sp³-hybridized carbons (Fsp3) is 0.212. The molecule has 1 aliphatic rings. The molecule has 1 aliphatic heterocycles. The summed E-state index contributed by atoms with van der Waals surface area (Å²) in [6.07, 6.45) is 2.38. The maximum absolute atomic E-state index is 14.1. The van der Waals surface area contributed by atoms with Crippen LogP contribution in [-0.4, -0.2) is 43.0 Å². The highest BCUT2D eigenvalue weighted by atomic mass is 16.5. The van der Waals surface area contributed by atoms with Crippen LogP contribution in [0.3, 0.4) is 0 Å². The molecule has 1 saturated heterocycles. The summed E-state index contributed by atoms with van der Waals surface area (Å²) >= 11 is 0. The summed E-state index contributed by atoms with van der Waals surface area (Å²) in [6.45, 7) is 3.36. The second-order valence-corrected chi connectivity index (χ2v) is 9.81. The van der Waals surface area contributed by atoms with E-state index >= 15 is 0 Å². The van der Waals surface area contributed by atoms with Gasteiger partial charge in [-0.2, -0.15) is 0 Å². The number of para-hydroxylation sites is 1. The fourth-order valence-electron chi connectivity index (χ4n) is 5.04. The quantitative estimate of drug-likeness (QED) is 0.242. The van der Waals surface area contributed by atoms with E-state index in [1.54, 1.807) is 24.3 Å². The number of rotatable bonds is 10. The van der Waals surface area contributed by atoms with Gasteiger partial charge >= 0.3 is 6.03 Å². The molecule has 0 aliphatic carbocycles. The van der Waals surface area contributed by atoms with Gasteiger partial charge in [0.1, 0.15) is 11.5 Å². The number of carbonyl (C=O) groups excluding carboxylic acids is 2. The maximum Gasteiger partial charge on any atom is 0.320 e. The molecule has 204 valence electrons. The van der Waals surface area contributed by atoms with Crippen LogP contribution in [0.25, 0.3) is 0 Å². The smallest absolute Gasteiger partial charge is 0.320 e. The van der Waals surface area contributed by atoms with Crippen LogP contribution in [0, 0.1) is 0 Å². The number of nitrogens with one attached hydrogen (secondary N) is 3. The topological polar surface area (TPSA) is 82.7 Å². The summed E-state index contributed by atoms with van der Waals surface area (Å²) in [4.78, 5) is 29.9. The number of hydrogen-bond acceptors (Lipinski definition) is 4. The Morgan fingerprint density at radius 1 is 0.700 bits per heavy atom. The lowest BCUT2D eigenvalue weighted by Crippen LogP contribution is -2.58. The third kappa shape index (κ3) is 6.50. The second-order valence-electron chi connectivity index (χ2n) is 9.81. The molecule has 3 amide bonds. The molecular formula is C33H34N4O3. The molecule has 40 heavy (non-hydrogen) atoms. The fourth-order valence-corrected chi connectivity index (χ4v) is 5.04. The number of ether oxygens (including phenoxy) is 1. The molecule has 0 unspecified atom stereocenters. The van der Waals surface area contributed by atoms with Gasteiger partial charge in [0.05, 0.1) is 0 Å². The molecule has 1 heterocycles. The summed E-state index contributed by atoms with van der Waals surface area (Å²) in [5.74, 6) is 1.09. The average molecular weight is 535 g/mol. The van der Waals surface area contributed by atoms with Gasteiger partial charge in [-0.25, -0.2) is 4.79 Å². The highest BCUT2D eigenvalue weighted by Crippen LogP contribution is 2.31. The predicted octanol–water partition coefficient (Wildman–Crippen LogP) is 5.76. The Kier molecular flexibility index (Phi) is 8.73. The molecule has 4 aromatic rings. The maximum atomic E-state index is 14.1. The van der Waals surface area contributed by atoms with Crippen molar-refractivity contribution in [2.24, 2.45) is 0 Å². The Bertz CT molecular complexity index is 1330. The van der Waals surface area contributed by atoms with Gasteiger partial charge in [0.15, 0.2) is 5.54 Å². The lowest BCUT2D eigenvalue weighted by atomic mass is 9.81. The minimum Gasteiger partial charge on any atom is -0.457 e. The van der Waals surface area contributed by atoms with E-state index in [4.69, 9.17) is 4.74 Å². The average Bonchev–Trinajstić information content (AvgIpc) is 3.52. The minimum absolute atomic E-state index is 0.286. The molecule has 0 radical (unpaired) electrons. The van der Waals surface area contributed by atoms with Crippen LogP contribution < -0.4 is 20.7 Å². The van der Waals surface area contributed by atoms with Crippen LogP contribution in [-0.2, 0) is 10.3 Å². The number of nitrogens with zero attached hydrogens (tertiary/aromatic N) is 1. The molecule has 3 N–H and O–H groups in total. The van der Waals surface area contributed by atoms with E-state index in [-0.39, 0.29) is 5.91 Å². The Balaban J connectivity index is 1.37. The monoisotopic (exact) mass is 534 g/mol. The minimum atomic E-state index is -1.44. The Hall–Kier alpha value is -4.62. The van der Waals surface area contributed by atoms with Gasteiger partial charge in [-0.1, -0.05) is 78.9 Å². The first-order valence-electron chi connectivity index (χ1n) is 13.7. The number of likely N-dealkylation sites (tertiary alicyclic amines) is 1. The Labute approximate surface area is 235 Å². The Morgan fingerprint density at radius 2 is 1.23 bits per heavy atom. The lowest BCUT2D eigenvalue weighted by molar-refractivity contribution is -0.126. The zero-order valence-electron chi connectivity index (χ0n) is 22.4. The van der Waals surface area contributed by atoms with Crippen molar-refractivity contribution in [3.05, 3.63) is 126 Å². The molecule has 0 saturated carbocycles. The predicted molar refractivity (Wildman–Crippen MR) is 157 cm³/mol. The summed E-state index contributed by atoms with van der Waals surface area (Å²) in [5.41, 5.74) is 0.471. The zero-order chi connectivity index (χ0) is 27.6. The summed E-state index contributed by atoms with van der Waals surface area (Å²) in [5, 5.41) is 9.03. The molecule has 0 aromatic heterocycles. The van der Waals surface area contributed by atoms with Crippen molar-refractivity contribution in [2.75, 3.05) is 31.5 Å². The number of anilines is 1. The largest absolute Gasteiger partial charge is 0.457 e. The van der Waals surface area contributed by atoms with E-state index in [2.05, 4.69) is 20.9 Å². The molecule has 7 heteroatoms. The van der Waals surface area contributed by atoms with Crippen LogP contribution in [0.15, 0.2) is 115 Å². The van der Waals surface area contributed by atoms with Gasteiger partial charge in [-0.15, -0.1) is 0 Å². The van der Waals surface area contributed by atoms with E-state index in [1.165, 1.54) is 12.8 Å². The van der Waals surface area contributed by atoms with Crippen molar-refractivity contribution in [3.8, 4) is 11.5 Å². The number of hydrogen-bond donors (Lipinski definition) is 3. The molecule has 1 fully saturated rings. The summed E-state index contributed by atoms with van der Waals surface area (Å²) in [7, 11) is 0.